The van der Waals surface area contributed by atoms with E-state index in [9.17, 15) is 0 Å². The Bertz CT molecular complexity index is 548. The molecule has 0 spiro atoms. The SMILES string of the molecule is CC(C)CC[C@@H](CCN[C@@H](C)c1ccc(Cl)cc1)c1ccco1. The van der Waals surface area contributed by atoms with Crippen LogP contribution in [-0.4, -0.2) is 6.54 Å². The van der Waals surface area contributed by atoms with Gasteiger partial charge >= 0.3 is 0 Å². The maximum absolute atomic E-state index is 5.95. The average molecular weight is 334 g/mol. The fourth-order valence-electron chi connectivity index (χ4n) is 2.83. The lowest BCUT2D eigenvalue weighted by Gasteiger charge is -2.19. The van der Waals surface area contributed by atoms with Gasteiger partial charge in [-0.1, -0.05) is 44.0 Å². The molecule has 0 aliphatic rings. The lowest BCUT2D eigenvalue weighted by Crippen LogP contribution is -2.21. The highest BCUT2D eigenvalue weighted by Gasteiger charge is 2.15. The summed E-state index contributed by atoms with van der Waals surface area (Å²) in [5, 5.41) is 4.40. The summed E-state index contributed by atoms with van der Waals surface area (Å²) >= 11 is 5.95. The second-order valence-corrected chi connectivity index (χ2v) is 7.14. The minimum Gasteiger partial charge on any atom is -0.469 e. The smallest absolute Gasteiger partial charge is 0.106 e. The Kier molecular flexibility index (Phi) is 7.19. The summed E-state index contributed by atoms with van der Waals surface area (Å²) < 4.78 is 5.64. The Balaban J connectivity index is 1.84. The summed E-state index contributed by atoms with van der Waals surface area (Å²) in [7, 11) is 0. The van der Waals surface area contributed by atoms with E-state index < -0.39 is 0 Å². The van der Waals surface area contributed by atoms with Gasteiger partial charge in [0, 0.05) is 17.0 Å². The summed E-state index contributed by atoms with van der Waals surface area (Å²) in [6.45, 7) is 7.73. The van der Waals surface area contributed by atoms with E-state index in [1.165, 1.54) is 18.4 Å². The van der Waals surface area contributed by atoms with Crippen LogP contribution in [0, 0.1) is 5.92 Å². The standard InChI is InChI=1S/C20H28ClNO/c1-15(2)6-7-18(20-5-4-14-23-20)12-13-22-16(3)17-8-10-19(21)11-9-17/h4-5,8-11,14-16,18,22H,6-7,12-13H2,1-3H3/t16-,18-/m0/s1. The van der Waals surface area contributed by atoms with Crippen LogP contribution in [0.15, 0.2) is 47.1 Å². The normalized spacial score (nSPS) is 14.1. The van der Waals surface area contributed by atoms with Gasteiger partial charge in [0.05, 0.1) is 6.26 Å². The third-order valence-corrected chi connectivity index (χ3v) is 4.60. The molecule has 1 heterocycles. The second-order valence-electron chi connectivity index (χ2n) is 6.70. The van der Waals surface area contributed by atoms with Crippen LogP contribution in [0.5, 0.6) is 0 Å². The first-order valence-electron chi connectivity index (χ1n) is 8.58. The molecule has 2 aromatic rings. The number of nitrogens with one attached hydrogen (secondary N) is 1. The van der Waals surface area contributed by atoms with Gasteiger partial charge in [0.2, 0.25) is 0 Å². The van der Waals surface area contributed by atoms with Crippen LogP contribution >= 0.6 is 11.6 Å². The summed E-state index contributed by atoms with van der Waals surface area (Å²) in [5.41, 5.74) is 1.27. The average Bonchev–Trinajstić information content (AvgIpc) is 3.05. The highest BCUT2D eigenvalue weighted by atomic mass is 35.5. The third-order valence-electron chi connectivity index (χ3n) is 4.35. The van der Waals surface area contributed by atoms with Gasteiger partial charge in [0.25, 0.3) is 0 Å². The van der Waals surface area contributed by atoms with Crippen LogP contribution in [-0.2, 0) is 0 Å². The fraction of sp³-hybridized carbons (Fsp3) is 0.500. The van der Waals surface area contributed by atoms with Gasteiger partial charge in [-0.3, -0.25) is 0 Å². The molecule has 0 saturated heterocycles. The predicted molar refractivity (Wildman–Crippen MR) is 98.0 cm³/mol. The van der Waals surface area contributed by atoms with Crippen LogP contribution in [0.1, 0.15) is 63.3 Å². The highest BCUT2D eigenvalue weighted by molar-refractivity contribution is 6.30. The summed E-state index contributed by atoms with van der Waals surface area (Å²) in [6.07, 6.45) is 5.29. The molecular formula is C20H28ClNO. The minimum absolute atomic E-state index is 0.328. The highest BCUT2D eigenvalue weighted by Crippen LogP contribution is 2.27. The molecule has 1 aromatic heterocycles. The lowest BCUT2D eigenvalue weighted by molar-refractivity contribution is 0.392. The first-order valence-corrected chi connectivity index (χ1v) is 8.96. The Hall–Kier alpha value is -1.25. The van der Waals surface area contributed by atoms with Crippen molar-refractivity contribution in [1.29, 1.82) is 0 Å². The molecule has 0 saturated carbocycles. The van der Waals surface area contributed by atoms with E-state index in [0.29, 0.717) is 12.0 Å². The van der Waals surface area contributed by atoms with Crippen LogP contribution < -0.4 is 5.32 Å². The minimum atomic E-state index is 0.328. The maximum Gasteiger partial charge on any atom is 0.106 e. The topological polar surface area (TPSA) is 25.2 Å². The molecular weight excluding hydrogens is 306 g/mol. The Morgan fingerprint density at radius 1 is 1.00 bits per heavy atom. The van der Waals surface area contributed by atoms with Gasteiger partial charge in [-0.05, 0) is 62.1 Å². The summed E-state index contributed by atoms with van der Waals surface area (Å²) in [4.78, 5) is 0. The van der Waals surface area contributed by atoms with Crippen LogP contribution in [0.25, 0.3) is 0 Å². The quantitative estimate of drug-likeness (QED) is 0.591. The molecule has 126 valence electrons. The third kappa shape index (κ3) is 6.04. The largest absolute Gasteiger partial charge is 0.469 e. The van der Waals surface area contributed by atoms with E-state index in [0.717, 1.165) is 29.7 Å². The molecule has 2 rings (SSSR count). The number of hydrogen-bond donors (Lipinski definition) is 1. The van der Waals surface area contributed by atoms with E-state index >= 15 is 0 Å². The van der Waals surface area contributed by atoms with E-state index in [4.69, 9.17) is 16.0 Å². The van der Waals surface area contributed by atoms with E-state index in [2.05, 4.69) is 44.3 Å². The van der Waals surface area contributed by atoms with E-state index in [1.807, 2.05) is 18.2 Å². The van der Waals surface area contributed by atoms with Gasteiger partial charge in [-0.2, -0.15) is 0 Å². The van der Waals surface area contributed by atoms with Gasteiger partial charge in [0.1, 0.15) is 5.76 Å². The molecule has 0 radical (unpaired) electrons. The van der Waals surface area contributed by atoms with Crippen molar-refractivity contribution in [3.05, 3.63) is 59.0 Å². The van der Waals surface area contributed by atoms with Crippen molar-refractivity contribution in [3.8, 4) is 0 Å². The van der Waals surface area contributed by atoms with Crippen molar-refractivity contribution < 1.29 is 4.42 Å². The van der Waals surface area contributed by atoms with Crippen molar-refractivity contribution in [3.63, 3.8) is 0 Å². The van der Waals surface area contributed by atoms with Crippen molar-refractivity contribution in [1.82, 2.24) is 5.32 Å². The molecule has 3 heteroatoms. The Labute approximate surface area is 145 Å². The zero-order valence-corrected chi connectivity index (χ0v) is 15.1. The molecule has 0 fully saturated rings. The molecule has 2 nitrogen and oxygen atoms in total. The number of rotatable bonds is 9. The lowest BCUT2D eigenvalue weighted by atomic mass is 9.93. The first kappa shape index (κ1) is 18.1. The predicted octanol–water partition coefficient (Wildman–Crippen LogP) is 6.19. The second kappa shape index (κ2) is 9.14. The molecule has 1 N–H and O–H groups in total. The van der Waals surface area contributed by atoms with Crippen LogP contribution in [0.4, 0.5) is 0 Å². The molecule has 1 aromatic carbocycles. The maximum atomic E-state index is 5.95. The van der Waals surface area contributed by atoms with Gasteiger partial charge in [0.15, 0.2) is 0 Å². The number of halogens is 1. The van der Waals surface area contributed by atoms with E-state index in [1.54, 1.807) is 6.26 Å². The van der Waals surface area contributed by atoms with Crippen LogP contribution in [0.3, 0.4) is 0 Å². The number of hydrogen-bond acceptors (Lipinski definition) is 2. The van der Waals surface area contributed by atoms with Gasteiger partial charge < -0.3 is 9.73 Å². The zero-order valence-electron chi connectivity index (χ0n) is 14.4. The molecule has 0 aliphatic heterocycles. The number of benzene rings is 1. The summed E-state index contributed by atoms with van der Waals surface area (Å²) in [6, 6.07) is 12.5. The fourth-order valence-corrected chi connectivity index (χ4v) is 2.96. The number of furan rings is 1. The zero-order chi connectivity index (χ0) is 16.7. The monoisotopic (exact) mass is 333 g/mol. The van der Waals surface area contributed by atoms with Crippen molar-refractivity contribution in [2.24, 2.45) is 5.92 Å². The summed E-state index contributed by atoms with van der Waals surface area (Å²) in [5.74, 6) is 2.34. The molecule has 23 heavy (non-hydrogen) atoms. The van der Waals surface area contributed by atoms with Gasteiger partial charge in [-0.15, -0.1) is 0 Å². The molecule has 0 amide bonds. The van der Waals surface area contributed by atoms with Crippen molar-refractivity contribution in [2.75, 3.05) is 6.54 Å². The van der Waals surface area contributed by atoms with Crippen molar-refractivity contribution in [2.45, 2.75) is 52.0 Å². The van der Waals surface area contributed by atoms with Gasteiger partial charge in [-0.25, -0.2) is 0 Å². The molecule has 2 atom stereocenters. The molecule has 0 aliphatic carbocycles. The molecule has 0 bridgehead atoms. The van der Waals surface area contributed by atoms with Crippen molar-refractivity contribution >= 4 is 11.6 Å². The first-order chi connectivity index (χ1) is 11.1. The van der Waals surface area contributed by atoms with E-state index in [-0.39, 0.29) is 0 Å². The van der Waals surface area contributed by atoms with Crippen LogP contribution in [0.2, 0.25) is 5.02 Å². The Morgan fingerprint density at radius 3 is 2.35 bits per heavy atom. The Morgan fingerprint density at radius 2 is 1.74 bits per heavy atom. The molecule has 0 unspecified atom stereocenters.